The monoisotopic (exact) mass is 905 g/mol. The molecule has 66 heavy (non-hydrogen) atoms. The van der Waals surface area contributed by atoms with Crippen molar-refractivity contribution in [3.8, 4) is 0 Å². The van der Waals surface area contributed by atoms with Crippen LogP contribution in [0.15, 0.2) is 170 Å². The molecule has 0 bridgehead atoms. The van der Waals surface area contributed by atoms with E-state index >= 15 is 0 Å². The molecule has 0 aliphatic heterocycles. The first-order chi connectivity index (χ1) is 32.5. The molecule has 1 atom stereocenters. The van der Waals surface area contributed by atoms with Crippen LogP contribution in [0.4, 0.5) is 0 Å². The smallest absolute Gasteiger partial charge is 0.306 e. The fraction of sp³-hybridized carbons (Fsp3) is 0.483. The quantitative estimate of drug-likeness (QED) is 0.0200. The zero-order valence-corrected chi connectivity index (χ0v) is 41.4. The van der Waals surface area contributed by atoms with E-state index in [-0.39, 0.29) is 44.0 Å². The molecule has 0 spiro atoms. The number of hydrogen-bond donors (Lipinski definition) is 0. The van der Waals surface area contributed by atoms with Gasteiger partial charge in [-0.1, -0.05) is 236 Å². The molecule has 0 heterocycles. The molecule has 0 rings (SSSR count). The van der Waals surface area contributed by atoms with Crippen molar-refractivity contribution < 1.29 is 28.6 Å². The summed E-state index contributed by atoms with van der Waals surface area (Å²) in [5.74, 6) is -1.04. The molecule has 0 aliphatic rings. The number of ether oxygens (including phenoxy) is 3. The second-order valence-corrected chi connectivity index (χ2v) is 15.9. The van der Waals surface area contributed by atoms with E-state index in [0.29, 0.717) is 19.3 Å². The van der Waals surface area contributed by atoms with Crippen molar-refractivity contribution in [3.63, 3.8) is 0 Å². The van der Waals surface area contributed by atoms with Crippen LogP contribution >= 0.6 is 0 Å². The minimum Gasteiger partial charge on any atom is -0.462 e. The Labute approximate surface area is 402 Å². The Balaban J connectivity index is 4.64. The topological polar surface area (TPSA) is 78.9 Å². The second kappa shape index (κ2) is 52.4. The van der Waals surface area contributed by atoms with E-state index in [9.17, 15) is 14.4 Å². The number of rotatable bonds is 42. The van der Waals surface area contributed by atoms with E-state index in [2.05, 4.69) is 69.4 Å². The van der Waals surface area contributed by atoms with E-state index in [4.69, 9.17) is 14.2 Å². The highest BCUT2D eigenvalue weighted by Crippen LogP contribution is 2.12. The highest BCUT2D eigenvalue weighted by molar-refractivity contribution is 5.71. The Bertz CT molecular complexity index is 1600. The van der Waals surface area contributed by atoms with Gasteiger partial charge in [0.25, 0.3) is 0 Å². The van der Waals surface area contributed by atoms with Crippen LogP contribution in [0.3, 0.4) is 0 Å². The summed E-state index contributed by atoms with van der Waals surface area (Å²) in [6, 6.07) is 0. The van der Waals surface area contributed by atoms with Crippen LogP contribution in [0, 0.1) is 0 Å². The largest absolute Gasteiger partial charge is 0.462 e. The van der Waals surface area contributed by atoms with Crippen molar-refractivity contribution in [2.75, 3.05) is 13.2 Å². The summed E-state index contributed by atoms with van der Waals surface area (Å²) in [4.78, 5) is 38.0. The number of unbranched alkanes of at least 4 members (excludes halogenated alkanes) is 13. The van der Waals surface area contributed by atoms with Gasteiger partial charge in [-0.15, -0.1) is 0 Å². The van der Waals surface area contributed by atoms with Crippen molar-refractivity contribution in [3.05, 3.63) is 170 Å². The summed E-state index contributed by atoms with van der Waals surface area (Å²) in [6.45, 7) is 6.12. The lowest BCUT2D eigenvalue weighted by atomic mass is 10.1. The molecule has 6 nitrogen and oxygen atoms in total. The Kier molecular flexibility index (Phi) is 48.2. The normalized spacial score (nSPS) is 13.6. The molecule has 0 N–H and O–H groups in total. The molecule has 364 valence electrons. The molecule has 0 aliphatic carbocycles. The highest BCUT2D eigenvalue weighted by atomic mass is 16.6. The first-order valence-corrected chi connectivity index (χ1v) is 25.3. The van der Waals surface area contributed by atoms with E-state index in [1.165, 1.54) is 25.7 Å². The summed E-state index contributed by atoms with van der Waals surface area (Å²) < 4.78 is 16.7. The summed E-state index contributed by atoms with van der Waals surface area (Å²) in [5.41, 5.74) is 0. The summed E-state index contributed by atoms with van der Waals surface area (Å²) in [5, 5.41) is 0. The van der Waals surface area contributed by atoms with E-state index < -0.39 is 6.10 Å². The minimum absolute atomic E-state index is 0.125. The van der Waals surface area contributed by atoms with E-state index in [1.54, 1.807) is 0 Å². The molecule has 0 amide bonds. The molecule has 0 radical (unpaired) electrons. The molecule has 0 saturated heterocycles. The maximum atomic E-state index is 12.8. The zero-order valence-electron chi connectivity index (χ0n) is 41.4. The van der Waals surface area contributed by atoms with Crippen LogP contribution in [0.2, 0.25) is 0 Å². The minimum atomic E-state index is -0.833. The average Bonchev–Trinajstić information content (AvgIpc) is 3.31. The number of carbonyl (C=O) groups is 3. The molecular formula is C60H88O6. The molecule has 0 fully saturated rings. The van der Waals surface area contributed by atoms with Gasteiger partial charge in [0.2, 0.25) is 0 Å². The van der Waals surface area contributed by atoms with Crippen molar-refractivity contribution in [2.45, 2.75) is 175 Å². The van der Waals surface area contributed by atoms with Crippen LogP contribution in [-0.2, 0) is 28.6 Å². The summed E-state index contributed by atoms with van der Waals surface area (Å²) in [6.07, 6.45) is 77.5. The molecule has 0 saturated carbocycles. The lowest BCUT2D eigenvalue weighted by Crippen LogP contribution is -2.30. The predicted octanol–water partition coefficient (Wildman–Crippen LogP) is 16.8. The first kappa shape index (κ1) is 60.8. The van der Waals surface area contributed by atoms with Gasteiger partial charge in [0, 0.05) is 19.3 Å². The Morgan fingerprint density at radius 2 is 0.621 bits per heavy atom. The van der Waals surface area contributed by atoms with Gasteiger partial charge in [-0.25, -0.2) is 0 Å². The van der Waals surface area contributed by atoms with Gasteiger partial charge in [0.1, 0.15) is 13.2 Å². The Hall–Kier alpha value is -5.23. The van der Waals surface area contributed by atoms with Crippen molar-refractivity contribution >= 4 is 17.9 Å². The van der Waals surface area contributed by atoms with Crippen LogP contribution < -0.4 is 0 Å². The maximum Gasteiger partial charge on any atom is 0.306 e. The first-order valence-electron chi connectivity index (χ1n) is 25.3. The molecule has 1 unspecified atom stereocenters. The van der Waals surface area contributed by atoms with Crippen molar-refractivity contribution in [1.29, 1.82) is 0 Å². The lowest BCUT2D eigenvalue weighted by Gasteiger charge is -2.18. The summed E-state index contributed by atoms with van der Waals surface area (Å²) in [7, 11) is 0. The SMILES string of the molecule is CC\C=C/C=C\C=C/C=C\C=C\C=C/CCCCCC(=O)OCC(COC(=O)CCCCCCCCC/C=C\C/C=C\CC)OC(=O)CCCCC\C=C/C=C/C=C\C=C/C=C\C=C/CC. The standard InChI is InChI=1S/C60H88O6/c1-4-7-10-13-16-19-22-25-28-30-32-35-38-41-44-47-50-53-59(62)65-56-57(55-64-58(61)52-49-46-43-40-37-34-27-24-21-18-15-12-9-6-3)66-60(63)54-51-48-45-42-39-36-33-31-29-26-23-20-17-14-11-8-5-2/h7-14,16-23,25-26,28-33,35-36,38-39,57H,4-6,15,24,27,34,37,40-56H2,1-3H3/b10-7-,11-8-,12-9-,16-13-,17-14-,21-18-,22-19-,23-20-,28-25-,29-26-,32-30+,33-31+,38-35-,39-36-. The third-order valence-electron chi connectivity index (χ3n) is 9.77. The second-order valence-electron chi connectivity index (χ2n) is 15.9. The molecule has 6 heteroatoms. The van der Waals surface area contributed by atoms with Crippen LogP contribution in [0.1, 0.15) is 168 Å². The van der Waals surface area contributed by atoms with Crippen LogP contribution in [0.5, 0.6) is 0 Å². The third-order valence-corrected chi connectivity index (χ3v) is 9.77. The molecule has 0 aromatic heterocycles. The maximum absolute atomic E-state index is 12.8. The lowest BCUT2D eigenvalue weighted by molar-refractivity contribution is -0.167. The van der Waals surface area contributed by atoms with Crippen molar-refractivity contribution in [1.82, 2.24) is 0 Å². The van der Waals surface area contributed by atoms with Gasteiger partial charge >= 0.3 is 17.9 Å². The van der Waals surface area contributed by atoms with E-state index in [0.717, 1.165) is 89.9 Å². The van der Waals surface area contributed by atoms with Gasteiger partial charge in [-0.3, -0.25) is 14.4 Å². The van der Waals surface area contributed by atoms with Crippen LogP contribution in [-0.4, -0.2) is 37.2 Å². The van der Waals surface area contributed by atoms with Gasteiger partial charge in [-0.2, -0.15) is 0 Å². The summed E-state index contributed by atoms with van der Waals surface area (Å²) >= 11 is 0. The van der Waals surface area contributed by atoms with Gasteiger partial charge in [0.15, 0.2) is 6.10 Å². The molecular weight excluding hydrogens is 817 g/mol. The number of esters is 3. The highest BCUT2D eigenvalue weighted by Gasteiger charge is 2.19. The number of carbonyl (C=O) groups excluding carboxylic acids is 3. The molecule has 0 aromatic rings. The van der Waals surface area contributed by atoms with Gasteiger partial charge in [-0.05, 0) is 83.5 Å². The van der Waals surface area contributed by atoms with Crippen molar-refractivity contribution in [2.24, 2.45) is 0 Å². The fourth-order valence-corrected chi connectivity index (χ4v) is 6.07. The van der Waals surface area contributed by atoms with Crippen LogP contribution in [0.25, 0.3) is 0 Å². The Morgan fingerprint density at radius 1 is 0.318 bits per heavy atom. The molecule has 0 aromatic carbocycles. The number of hydrogen-bond acceptors (Lipinski definition) is 6. The van der Waals surface area contributed by atoms with Gasteiger partial charge in [0.05, 0.1) is 0 Å². The van der Waals surface area contributed by atoms with Gasteiger partial charge < -0.3 is 14.2 Å². The number of allylic oxidation sites excluding steroid dienone is 28. The third kappa shape index (κ3) is 49.8. The Morgan fingerprint density at radius 3 is 1.03 bits per heavy atom. The van der Waals surface area contributed by atoms with E-state index in [1.807, 2.05) is 122 Å². The fourth-order valence-electron chi connectivity index (χ4n) is 6.07. The predicted molar refractivity (Wildman–Crippen MR) is 283 cm³/mol. The average molecular weight is 905 g/mol. The zero-order chi connectivity index (χ0) is 47.9.